The molecule has 11 atom stereocenters. The third kappa shape index (κ3) is 3.10. The second-order valence-electron chi connectivity index (χ2n) is 14.4. The Hall–Kier alpha value is -1.36. The van der Waals surface area contributed by atoms with Gasteiger partial charge in [0, 0.05) is 11.0 Å². The Balaban J connectivity index is 1.45. The van der Waals surface area contributed by atoms with E-state index in [0.717, 1.165) is 42.2 Å². The highest BCUT2D eigenvalue weighted by Crippen LogP contribution is 2.78. The van der Waals surface area contributed by atoms with Crippen LogP contribution in [-0.2, 0) is 19.1 Å². The molecule has 0 aromatic heterocycles. The van der Waals surface area contributed by atoms with Gasteiger partial charge in [0.15, 0.2) is 0 Å². The topological polar surface area (TPSA) is 72.8 Å². The van der Waals surface area contributed by atoms with Crippen LogP contribution >= 0.6 is 0 Å². The van der Waals surface area contributed by atoms with Gasteiger partial charge in [-0.25, -0.2) is 4.79 Å². The molecule has 1 N–H and O–H groups in total. The lowest BCUT2D eigenvalue weighted by molar-refractivity contribution is -0.223. The van der Waals surface area contributed by atoms with Gasteiger partial charge in [-0.05, 0) is 111 Å². The van der Waals surface area contributed by atoms with Crippen molar-refractivity contribution >= 4 is 11.9 Å². The molecule has 6 rings (SSSR count). The van der Waals surface area contributed by atoms with E-state index in [-0.39, 0.29) is 47.3 Å². The fourth-order valence-electron chi connectivity index (χ4n) is 11.3. The van der Waals surface area contributed by atoms with E-state index in [1.165, 1.54) is 38.5 Å². The smallest absolute Gasteiger partial charge is 0.335 e. The summed E-state index contributed by atoms with van der Waals surface area (Å²) < 4.78 is 12.1. The van der Waals surface area contributed by atoms with Crippen LogP contribution in [0.2, 0.25) is 0 Å². The zero-order chi connectivity index (χ0) is 25.8. The normalized spacial score (nSPS) is 52.0. The highest BCUT2D eigenvalue weighted by Gasteiger charge is 2.72. The SMILES string of the molecule is CC(O)CC(=O)O[C@H]1CC2[C@@]3(C)CCCC4(C[C@@H]4C)C3CC[C@@]2(C)[C@@H]2CCC3=C(C(=O)O[C@H]3C)[C@@]12C. The van der Waals surface area contributed by atoms with Gasteiger partial charge in [0.25, 0.3) is 0 Å². The summed E-state index contributed by atoms with van der Waals surface area (Å²) in [7, 11) is 0. The summed E-state index contributed by atoms with van der Waals surface area (Å²) in [4.78, 5) is 26.3. The molecule has 5 heteroatoms. The summed E-state index contributed by atoms with van der Waals surface area (Å²) in [5.41, 5.74) is 2.27. The maximum absolute atomic E-state index is 13.3. The Bertz CT molecular complexity index is 1010. The van der Waals surface area contributed by atoms with Crippen LogP contribution < -0.4 is 0 Å². The number of fused-ring (bicyclic) bond motifs is 7. The molecule has 6 aliphatic rings. The van der Waals surface area contributed by atoms with Gasteiger partial charge in [-0.15, -0.1) is 0 Å². The summed E-state index contributed by atoms with van der Waals surface area (Å²) in [5.74, 6) is 1.77. The maximum atomic E-state index is 13.3. The Kier molecular flexibility index (Phi) is 5.43. The molecule has 5 nitrogen and oxygen atoms in total. The fourth-order valence-corrected chi connectivity index (χ4v) is 11.3. The number of hydrogen-bond donors (Lipinski definition) is 1. The van der Waals surface area contributed by atoms with Crippen LogP contribution in [0.4, 0.5) is 0 Å². The summed E-state index contributed by atoms with van der Waals surface area (Å²) in [6.45, 7) is 13.4. The van der Waals surface area contributed by atoms with Crippen LogP contribution in [0, 0.1) is 45.3 Å². The number of rotatable bonds is 3. The molecule has 1 spiro atoms. The largest absolute Gasteiger partial charge is 0.461 e. The zero-order valence-corrected chi connectivity index (χ0v) is 23.2. The summed E-state index contributed by atoms with van der Waals surface area (Å²) >= 11 is 0. The second kappa shape index (κ2) is 7.83. The van der Waals surface area contributed by atoms with E-state index in [0.29, 0.717) is 11.3 Å². The van der Waals surface area contributed by atoms with Gasteiger partial charge in [0.2, 0.25) is 0 Å². The number of aliphatic hydroxyl groups excluding tert-OH is 1. The van der Waals surface area contributed by atoms with Crippen molar-refractivity contribution < 1.29 is 24.2 Å². The predicted molar refractivity (Wildman–Crippen MR) is 137 cm³/mol. The number of ether oxygens (including phenoxy) is 2. The van der Waals surface area contributed by atoms with E-state index in [2.05, 4.69) is 27.7 Å². The van der Waals surface area contributed by atoms with E-state index in [4.69, 9.17) is 9.47 Å². The Morgan fingerprint density at radius 2 is 1.78 bits per heavy atom. The molecule has 0 amide bonds. The van der Waals surface area contributed by atoms with Crippen molar-refractivity contribution in [2.75, 3.05) is 0 Å². The average molecular weight is 499 g/mol. The van der Waals surface area contributed by atoms with Gasteiger partial charge in [-0.1, -0.05) is 34.1 Å². The molecule has 1 aliphatic heterocycles. The van der Waals surface area contributed by atoms with E-state index in [9.17, 15) is 14.7 Å². The number of esters is 2. The molecule has 4 fully saturated rings. The summed E-state index contributed by atoms with van der Waals surface area (Å²) in [6, 6.07) is 0. The Morgan fingerprint density at radius 1 is 1.08 bits per heavy atom. The first kappa shape index (κ1) is 24.9. The highest BCUT2D eigenvalue weighted by atomic mass is 16.6. The molecule has 4 saturated carbocycles. The number of carbonyl (C=O) groups excluding carboxylic acids is 2. The van der Waals surface area contributed by atoms with Crippen LogP contribution in [0.15, 0.2) is 11.1 Å². The van der Waals surface area contributed by atoms with E-state index >= 15 is 0 Å². The molecule has 0 saturated heterocycles. The number of hydrogen-bond acceptors (Lipinski definition) is 5. The minimum atomic E-state index is -0.737. The minimum absolute atomic E-state index is 0.00749. The minimum Gasteiger partial charge on any atom is -0.461 e. The van der Waals surface area contributed by atoms with Crippen molar-refractivity contribution in [2.45, 2.75) is 124 Å². The quantitative estimate of drug-likeness (QED) is 0.485. The number of aliphatic hydroxyl groups is 1. The van der Waals surface area contributed by atoms with Gasteiger partial charge in [-0.2, -0.15) is 0 Å². The molecule has 4 unspecified atom stereocenters. The zero-order valence-electron chi connectivity index (χ0n) is 23.2. The lowest BCUT2D eigenvalue weighted by atomic mass is 9.35. The first-order valence-corrected chi connectivity index (χ1v) is 14.7. The van der Waals surface area contributed by atoms with Gasteiger partial charge < -0.3 is 14.6 Å². The van der Waals surface area contributed by atoms with Gasteiger partial charge in [0.05, 0.1) is 12.5 Å². The van der Waals surface area contributed by atoms with Crippen LogP contribution in [0.1, 0.15) is 106 Å². The first-order chi connectivity index (χ1) is 16.9. The first-order valence-electron chi connectivity index (χ1n) is 14.7. The second-order valence-corrected chi connectivity index (χ2v) is 14.4. The van der Waals surface area contributed by atoms with Gasteiger partial charge >= 0.3 is 11.9 Å². The average Bonchev–Trinajstić information content (AvgIpc) is 3.30. The van der Waals surface area contributed by atoms with Crippen LogP contribution in [-0.4, -0.2) is 35.4 Å². The maximum Gasteiger partial charge on any atom is 0.335 e. The lowest BCUT2D eigenvalue weighted by Crippen LogP contribution is -2.65. The van der Waals surface area contributed by atoms with Crippen molar-refractivity contribution in [3.8, 4) is 0 Å². The Morgan fingerprint density at radius 3 is 2.44 bits per heavy atom. The van der Waals surface area contributed by atoms with Crippen LogP contribution in [0.3, 0.4) is 0 Å². The molecule has 5 aliphatic carbocycles. The van der Waals surface area contributed by atoms with Crippen LogP contribution in [0.25, 0.3) is 0 Å². The molecule has 1 heterocycles. The monoisotopic (exact) mass is 498 g/mol. The van der Waals surface area contributed by atoms with E-state index in [1.54, 1.807) is 6.92 Å². The van der Waals surface area contributed by atoms with E-state index < -0.39 is 11.5 Å². The summed E-state index contributed by atoms with van der Waals surface area (Å²) in [6.07, 6.45) is 9.26. The van der Waals surface area contributed by atoms with Crippen molar-refractivity contribution in [3.05, 3.63) is 11.1 Å². The molecule has 0 aromatic rings. The lowest BCUT2D eigenvalue weighted by Gasteiger charge is -2.69. The van der Waals surface area contributed by atoms with Gasteiger partial charge in [0.1, 0.15) is 12.2 Å². The fraction of sp³-hybridized carbons (Fsp3) is 0.871. The molecular formula is C31H46O5. The third-order valence-electron chi connectivity index (χ3n) is 12.8. The predicted octanol–water partition coefficient (Wildman–Crippen LogP) is 5.98. The van der Waals surface area contributed by atoms with Crippen LogP contribution in [0.5, 0.6) is 0 Å². The van der Waals surface area contributed by atoms with Crippen molar-refractivity contribution in [1.29, 1.82) is 0 Å². The summed E-state index contributed by atoms with van der Waals surface area (Å²) in [5, 5.41) is 9.90. The van der Waals surface area contributed by atoms with Crippen molar-refractivity contribution in [2.24, 2.45) is 45.3 Å². The molecule has 0 aromatic carbocycles. The van der Waals surface area contributed by atoms with Crippen molar-refractivity contribution in [3.63, 3.8) is 0 Å². The van der Waals surface area contributed by atoms with Gasteiger partial charge in [-0.3, -0.25) is 4.79 Å². The molecular weight excluding hydrogens is 452 g/mol. The van der Waals surface area contributed by atoms with E-state index in [1.807, 2.05) is 6.92 Å². The number of cyclic esters (lactones) is 1. The van der Waals surface area contributed by atoms with Crippen molar-refractivity contribution in [1.82, 2.24) is 0 Å². The molecule has 0 bridgehead atoms. The molecule has 0 radical (unpaired) electrons. The third-order valence-corrected chi connectivity index (χ3v) is 12.8. The molecule has 200 valence electrons. The Labute approximate surface area is 216 Å². The standard InChI is InChI=1S/C31H46O5/c1-17-16-31(17)12-7-11-28(4)22(31)10-13-29(5)21-9-8-20-19(3)35-27(34)26(20)30(21,6)24(15-23(28)29)36-25(33)14-18(2)32/h17-19,21-24,32H,7-16H2,1-6H3/t17-,18?,19-,21-,22?,23?,24-,28-,29-,30+,31?/m0/s1. The highest BCUT2D eigenvalue weighted by molar-refractivity contribution is 5.94. The number of carbonyl (C=O) groups is 2. The molecule has 36 heavy (non-hydrogen) atoms.